The lowest BCUT2D eigenvalue weighted by Gasteiger charge is -2.17. The second kappa shape index (κ2) is 11.4. The molecule has 1 aliphatic rings. The summed E-state index contributed by atoms with van der Waals surface area (Å²) in [6.45, 7) is 2.10. The van der Waals surface area contributed by atoms with E-state index >= 15 is 0 Å². The number of ether oxygens (including phenoxy) is 1. The second-order valence-corrected chi connectivity index (χ2v) is 8.98. The molecule has 2 N–H and O–H groups in total. The van der Waals surface area contributed by atoms with Crippen molar-refractivity contribution in [3.8, 4) is 5.75 Å². The third kappa shape index (κ3) is 6.70. The molecule has 0 spiro atoms. The Bertz CT molecular complexity index is 1310. The number of amides is 3. The number of halogens is 3. The lowest BCUT2D eigenvalue weighted by molar-refractivity contribution is -0.137. The Morgan fingerprint density at radius 2 is 1.68 bits per heavy atom. The van der Waals surface area contributed by atoms with E-state index in [1.165, 1.54) is 23.1 Å². The molecule has 1 atom stereocenters. The van der Waals surface area contributed by atoms with E-state index in [9.17, 15) is 27.6 Å². The van der Waals surface area contributed by atoms with Crippen molar-refractivity contribution in [3.05, 3.63) is 89.5 Å². The third-order valence-electron chi connectivity index (χ3n) is 6.11. The molecule has 0 aromatic heterocycles. The van der Waals surface area contributed by atoms with Crippen LogP contribution >= 0.6 is 0 Å². The van der Waals surface area contributed by atoms with E-state index in [0.29, 0.717) is 18.0 Å². The molecule has 0 bridgehead atoms. The van der Waals surface area contributed by atoms with Crippen molar-refractivity contribution in [1.82, 2.24) is 5.32 Å². The van der Waals surface area contributed by atoms with E-state index in [1.807, 2.05) is 31.2 Å². The highest BCUT2D eigenvalue weighted by Gasteiger charge is 2.35. The number of benzene rings is 3. The summed E-state index contributed by atoms with van der Waals surface area (Å²) in [5.41, 5.74) is 1.37. The minimum atomic E-state index is -4.60. The van der Waals surface area contributed by atoms with Crippen LogP contribution in [-0.2, 0) is 27.1 Å². The number of nitrogens with one attached hydrogen (secondary N) is 2. The Kier molecular flexibility index (Phi) is 7.99. The van der Waals surface area contributed by atoms with Crippen LogP contribution in [0.3, 0.4) is 0 Å². The Balaban J connectivity index is 1.28. The molecular formula is C28H26F3N3O4. The first-order valence-electron chi connectivity index (χ1n) is 11.9. The summed E-state index contributed by atoms with van der Waals surface area (Å²) >= 11 is 0. The molecule has 1 aliphatic heterocycles. The number of carbonyl (C=O) groups excluding carboxylic acids is 3. The first kappa shape index (κ1) is 26.7. The highest BCUT2D eigenvalue weighted by molar-refractivity contribution is 6.00. The molecule has 3 amide bonds. The normalized spacial score (nSPS) is 15.3. The van der Waals surface area contributed by atoms with Crippen LogP contribution in [-0.4, -0.2) is 30.9 Å². The van der Waals surface area contributed by atoms with E-state index in [4.69, 9.17) is 4.74 Å². The van der Waals surface area contributed by atoms with E-state index in [1.54, 1.807) is 24.3 Å². The smallest absolute Gasteiger partial charge is 0.418 e. The maximum atomic E-state index is 13.1. The van der Waals surface area contributed by atoms with Crippen LogP contribution < -0.4 is 20.3 Å². The highest BCUT2D eigenvalue weighted by Crippen LogP contribution is 2.34. The first-order valence-corrected chi connectivity index (χ1v) is 11.9. The highest BCUT2D eigenvalue weighted by atomic mass is 19.4. The topological polar surface area (TPSA) is 87.7 Å². The average molecular weight is 526 g/mol. The van der Waals surface area contributed by atoms with Gasteiger partial charge >= 0.3 is 6.18 Å². The van der Waals surface area contributed by atoms with Gasteiger partial charge in [0.25, 0.3) is 5.91 Å². The minimum absolute atomic E-state index is 0.0948. The van der Waals surface area contributed by atoms with Gasteiger partial charge in [-0.25, -0.2) is 0 Å². The van der Waals surface area contributed by atoms with E-state index in [-0.39, 0.29) is 30.5 Å². The van der Waals surface area contributed by atoms with Gasteiger partial charge in [-0.2, -0.15) is 13.2 Å². The predicted octanol–water partition coefficient (Wildman–Crippen LogP) is 4.70. The Morgan fingerprint density at radius 1 is 1.00 bits per heavy atom. The number of alkyl halides is 3. The molecule has 0 aliphatic carbocycles. The standard InChI is InChI=1S/C28H26F3N3O4/c1-18-6-8-19(9-7-18)15-32-27(37)20-14-26(36)34(16-20)21-10-12-22(13-11-21)38-17-25(35)33-24-5-3-2-4-23(24)28(29,30)31/h2-13,20H,14-17H2,1H3,(H,32,37)(H,33,35)/t20-/m0/s1. The zero-order chi connectivity index (χ0) is 27.3. The van der Waals surface area contributed by atoms with Gasteiger partial charge in [0.2, 0.25) is 11.8 Å². The molecule has 10 heteroatoms. The molecule has 7 nitrogen and oxygen atoms in total. The summed E-state index contributed by atoms with van der Waals surface area (Å²) in [6.07, 6.45) is -4.51. The van der Waals surface area contributed by atoms with E-state index < -0.39 is 30.2 Å². The molecule has 4 rings (SSSR count). The van der Waals surface area contributed by atoms with Gasteiger partial charge in [0.05, 0.1) is 17.2 Å². The Morgan fingerprint density at radius 3 is 2.37 bits per heavy atom. The first-order chi connectivity index (χ1) is 18.1. The quantitative estimate of drug-likeness (QED) is 0.446. The van der Waals surface area contributed by atoms with Gasteiger partial charge in [-0.3, -0.25) is 14.4 Å². The van der Waals surface area contributed by atoms with Gasteiger partial charge in [0.15, 0.2) is 6.61 Å². The minimum Gasteiger partial charge on any atom is -0.484 e. The van der Waals surface area contributed by atoms with Crippen molar-refractivity contribution in [1.29, 1.82) is 0 Å². The molecule has 0 unspecified atom stereocenters. The maximum absolute atomic E-state index is 13.1. The van der Waals surface area contributed by atoms with Gasteiger partial charge in [0, 0.05) is 25.2 Å². The third-order valence-corrected chi connectivity index (χ3v) is 6.11. The lowest BCUT2D eigenvalue weighted by Crippen LogP contribution is -2.32. The Labute approximate surface area is 217 Å². The number of aryl methyl sites for hydroxylation is 1. The van der Waals surface area contributed by atoms with Gasteiger partial charge in [-0.15, -0.1) is 0 Å². The van der Waals surface area contributed by atoms with Gasteiger partial charge < -0.3 is 20.3 Å². The summed E-state index contributed by atoms with van der Waals surface area (Å²) < 4.78 is 44.7. The molecule has 0 saturated carbocycles. The molecule has 198 valence electrons. The van der Waals surface area contributed by atoms with Gasteiger partial charge in [-0.05, 0) is 48.9 Å². The summed E-state index contributed by atoms with van der Waals surface area (Å²) in [5.74, 6) is -1.31. The number of hydrogen-bond acceptors (Lipinski definition) is 4. The molecule has 3 aromatic rings. The van der Waals surface area contributed by atoms with Crippen molar-refractivity contribution in [2.45, 2.75) is 26.1 Å². The monoisotopic (exact) mass is 525 g/mol. The fourth-order valence-corrected chi connectivity index (χ4v) is 4.07. The lowest BCUT2D eigenvalue weighted by atomic mass is 10.1. The van der Waals surface area contributed by atoms with Crippen LogP contribution in [0.1, 0.15) is 23.1 Å². The number of nitrogens with zero attached hydrogens (tertiary/aromatic N) is 1. The second-order valence-electron chi connectivity index (χ2n) is 8.98. The van der Waals surface area contributed by atoms with E-state index in [2.05, 4.69) is 10.6 Å². The number of para-hydroxylation sites is 1. The summed E-state index contributed by atoms with van der Waals surface area (Å²) in [6, 6.07) is 18.8. The number of rotatable bonds is 8. The average Bonchev–Trinajstić information content (AvgIpc) is 3.28. The van der Waals surface area contributed by atoms with Crippen molar-refractivity contribution < 1.29 is 32.3 Å². The SMILES string of the molecule is Cc1ccc(CNC(=O)[C@H]2CC(=O)N(c3ccc(OCC(=O)Nc4ccccc4C(F)(F)F)cc3)C2)cc1. The summed E-state index contributed by atoms with van der Waals surface area (Å²) in [4.78, 5) is 38.8. The summed E-state index contributed by atoms with van der Waals surface area (Å²) in [5, 5.41) is 5.09. The summed E-state index contributed by atoms with van der Waals surface area (Å²) in [7, 11) is 0. The zero-order valence-electron chi connectivity index (χ0n) is 20.5. The Hall–Kier alpha value is -4.34. The molecule has 0 radical (unpaired) electrons. The molecule has 1 heterocycles. The molecule has 3 aromatic carbocycles. The maximum Gasteiger partial charge on any atom is 0.418 e. The zero-order valence-corrected chi connectivity index (χ0v) is 20.5. The van der Waals surface area contributed by atoms with Crippen LogP contribution in [0.4, 0.5) is 24.5 Å². The molecule has 38 heavy (non-hydrogen) atoms. The molecule has 1 saturated heterocycles. The number of carbonyl (C=O) groups is 3. The van der Waals surface area contributed by atoms with Gasteiger partial charge in [0.1, 0.15) is 5.75 Å². The fraction of sp³-hybridized carbons (Fsp3) is 0.250. The van der Waals surface area contributed by atoms with Crippen LogP contribution in [0.15, 0.2) is 72.8 Å². The molecular weight excluding hydrogens is 499 g/mol. The van der Waals surface area contributed by atoms with Crippen LogP contribution in [0.2, 0.25) is 0 Å². The van der Waals surface area contributed by atoms with Crippen LogP contribution in [0.25, 0.3) is 0 Å². The van der Waals surface area contributed by atoms with Crippen molar-refractivity contribution >= 4 is 29.1 Å². The van der Waals surface area contributed by atoms with Crippen molar-refractivity contribution in [3.63, 3.8) is 0 Å². The van der Waals surface area contributed by atoms with Crippen LogP contribution in [0.5, 0.6) is 5.75 Å². The molecule has 1 fully saturated rings. The van der Waals surface area contributed by atoms with Crippen molar-refractivity contribution in [2.75, 3.05) is 23.4 Å². The van der Waals surface area contributed by atoms with Crippen LogP contribution in [0, 0.1) is 12.8 Å². The largest absolute Gasteiger partial charge is 0.484 e. The van der Waals surface area contributed by atoms with Gasteiger partial charge in [-0.1, -0.05) is 42.0 Å². The predicted molar refractivity (Wildman–Crippen MR) is 135 cm³/mol. The van der Waals surface area contributed by atoms with E-state index in [0.717, 1.165) is 17.2 Å². The fourth-order valence-electron chi connectivity index (χ4n) is 4.07. The number of anilines is 2. The number of hydrogen-bond donors (Lipinski definition) is 2. The van der Waals surface area contributed by atoms with Crippen molar-refractivity contribution in [2.24, 2.45) is 5.92 Å².